The fourth-order valence-corrected chi connectivity index (χ4v) is 1.85. The lowest BCUT2D eigenvalue weighted by molar-refractivity contribution is 0.927. The zero-order valence-electron chi connectivity index (χ0n) is 10.8. The average molecular weight is 237 g/mol. The van der Waals surface area contributed by atoms with Gasteiger partial charge in [-0.15, -0.1) is 0 Å². The van der Waals surface area contributed by atoms with Crippen molar-refractivity contribution in [3.8, 4) is 0 Å². The van der Waals surface area contributed by atoms with Crippen LogP contribution in [0.5, 0.6) is 0 Å². The van der Waals surface area contributed by atoms with Crippen LogP contribution in [-0.4, -0.2) is 0 Å². The van der Waals surface area contributed by atoms with Gasteiger partial charge in [0, 0.05) is 5.69 Å². The van der Waals surface area contributed by atoms with E-state index in [1.165, 1.54) is 23.1 Å². The first kappa shape index (κ1) is 12.4. The van der Waals surface area contributed by atoms with Gasteiger partial charge in [-0.1, -0.05) is 54.2 Å². The summed E-state index contributed by atoms with van der Waals surface area (Å²) in [5, 5.41) is 0. The topological polar surface area (TPSA) is 26.0 Å². The maximum absolute atomic E-state index is 5.64. The van der Waals surface area contributed by atoms with Crippen LogP contribution in [0.15, 0.2) is 65.8 Å². The third kappa shape index (κ3) is 3.77. The van der Waals surface area contributed by atoms with Crippen molar-refractivity contribution in [3.05, 3.63) is 71.4 Å². The highest BCUT2D eigenvalue weighted by Gasteiger charge is 1.98. The Balaban J connectivity index is 1.93. The van der Waals surface area contributed by atoms with E-state index in [0.29, 0.717) is 0 Å². The first-order chi connectivity index (χ1) is 8.74. The van der Waals surface area contributed by atoms with Crippen molar-refractivity contribution in [1.29, 1.82) is 0 Å². The van der Waals surface area contributed by atoms with Crippen molar-refractivity contribution in [2.24, 2.45) is 0 Å². The number of benzene rings is 1. The smallest absolute Gasteiger partial charge is 0.0314 e. The Kier molecular flexibility index (Phi) is 4.19. The molecule has 0 spiro atoms. The monoisotopic (exact) mass is 237 g/mol. The minimum atomic E-state index is 0.803. The van der Waals surface area contributed by atoms with E-state index in [9.17, 15) is 0 Å². The van der Waals surface area contributed by atoms with E-state index in [2.05, 4.69) is 43.4 Å². The van der Waals surface area contributed by atoms with Gasteiger partial charge in [-0.2, -0.15) is 0 Å². The maximum Gasteiger partial charge on any atom is 0.0314 e. The van der Waals surface area contributed by atoms with E-state index in [-0.39, 0.29) is 0 Å². The average Bonchev–Trinajstić information content (AvgIpc) is 2.39. The minimum absolute atomic E-state index is 0.803. The Hall–Kier alpha value is -2.02. The lowest BCUT2D eigenvalue weighted by Gasteiger charge is -2.07. The molecule has 0 bridgehead atoms. The lowest BCUT2D eigenvalue weighted by atomic mass is 9.99. The molecule has 2 rings (SSSR count). The highest BCUT2D eigenvalue weighted by atomic mass is 14.5. The molecule has 0 atom stereocenters. The molecule has 18 heavy (non-hydrogen) atoms. The van der Waals surface area contributed by atoms with Crippen LogP contribution in [0.2, 0.25) is 0 Å². The first-order valence-corrected chi connectivity index (χ1v) is 6.31. The molecule has 0 aliphatic heterocycles. The molecule has 0 saturated heterocycles. The van der Waals surface area contributed by atoms with E-state index >= 15 is 0 Å². The predicted molar refractivity (Wildman–Crippen MR) is 80.1 cm³/mol. The number of anilines is 1. The van der Waals surface area contributed by atoms with Gasteiger partial charge in [-0.3, -0.25) is 0 Å². The highest BCUT2D eigenvalue weighted by molar-refractivity contribution is 5.54. The number of allylic oxidation sites excluding steroid dienone is 7. The number of hydrogen-bond acceptors (Lipinski definition) is 1. The van der Waals surface area contributed by atoms with Crippen LogP contribution >= 0.6 is 0 Å². The standard InChI is InChI=1S/C17H19N/c1-14-6-8-15(9-7-14)4-2-3-5-16-10-12-17(18)13-11-16/h2-6,8,10-13H,7,9,18H2,1H3/b4-2+,5-3+. The van der Waals surface area contributed by atoms with Gasteiger partial charge in [-0.05, 0) is 43.0 Å². The van der Waals surface area contributed by atoms with Crippen molar-refractivity contribution >= 4 is 11.8 Å². The molecular weight excluding hydrogens is 218 g/mol. The molecule has 1 nitrogen and oxygen atoms in total. The molecule has 0 aromatic heterocycles. The van der Waals surface area contributed by atoms with Crippen molar-refractivity contribution in [1.82, 2.24) is 0 Å². The zero-order chi connectivity index (χ0) is 12.8. The molecule has 1 aromatic rings. The molecule has 1 aliphatic rings. The lowest BCUT2D eigenvalue weighted by Crippen LogP contribution is -1.87. The molecule has 0 radical (unpaired) electrons. The molecule has 0 saturated carbocycles. The number of rotatable bonds is 3. The summed E-state index contributed by atoms with van der Waals surface area (Å²) >= 11 is 0. The molecular formula is C17H19N. The number of hydrogen-bond donors (Lipinski definition) is 1. The second-order valence-corrected chi connectivity index (χ2v) is 4.64. The van der Waals surface area contributed by atoms with Gasteiger partial charge in [0.2, 0.25) is 0 Å². The molecule has 0 fully saturated rings. The number of nitrogens with two attached hydrogens (primary N) is 1. The van der Waals surface area contributed by atoms with Gasteiger partial charge in [0.05, 0.1) is 0 Å². The van der Waals surface area contributed by atoms with Crippen LogP contribution in [0.25, 0.3) is 6.08 Å². The zero-order valence-corrected chi connectivity index (χ0v) is 10.8. The Labute approximate surface area is 109 Å². The van der Waals surface area contributed by atoms with Gasteiger partial charge >= 0.3 is 0 Å². The largest absolute Gasteiger partial charge is 0.399 e. The second kappa shape index (κ2) is 6.06. The van der Waals surface area contributed by atoms with E-state index < -0.39 is 0 Å². The van der Waals surface area contributed by atoms with Crippen molar-refractivity contribution < 1.29 is 0 Å². The summed E-state index contributed by atoms with van der Waals surface area (Å²) in [7, 11) is 0. The van der Waals surface area contributed by atoms with Gasteiger partial charge < -0.3 is 5.73 Å². The van der Waals surface area contributed by atoms with Crippen LogP contribution < -0.4 is 5.73 Å². The maximum atomic E-state index is 5.64. The third-order valence-corrected chi connectivity index (χ3v) is 3.04. The summed E-state index contributed by atoms with van der Waals surface area (Å²) in [6.45, 7) is 2.18. The Morgan fingerprint density at radius 3 is 2.33 bits per heavy atom. The Bertz CT molecular complexity index is 513. The molecule has 92 valence electrons. The fourth-order valence-electron chi connectivity index (χ4n) is 1.85. The summed E-state index contributed by atoms with van der Waals surface area (Å²) in [6.07, 6.45) is 15.1. The van der Waals surface area contributed by atoms with E-state index in [0.717, 1.165) is 12.1 Å². The van der Waals surface area contributed by atoms with Crippen LogP contribution in [0.3, 0.4) is 0 Å². The van der Waals surface area contributed by atoms with E-state index in [1.54, 1.807) is 0 Å². The summed E-state index contributed by atoms with van der Waals surface area (Å²) in [6, 6.07) is 7.87. The fraction of sp³-hybridized carbons (Fsp3) is 0.176. The summed E-state index contributed by atoms with van der Waals surface area (Å²) in [5.74, 6) is 0. The SMILES string of the molecule is CC1=CC=C(/C=C/C=C/c2ccc(N)cc2)CC1. The molecule has 1 heteroatoms. The van der Waals surface area contributed by atoms with Gasteiger partial charge in [0.1, 0.15) is 0 Å². The van der Waals surface area contributed by atoms with E-state index in [4.69, 9.17) is 5.73 Å². The van der Waals surface area contributed by atoms with Gasteiger partial charge in [0.15, 0.2) is 0 Å². The molecule has 1 aliphatic carbocycles. The second-order valence-electron chi connectivity index (χ2n) is 4.64. The summed E-state index contributed by atoms with van der Waals surface area (Å²) in [4.78, 5) is 0. The molecule has 0 heterocycles. The first-order valence-electron chi connectivity index (χ1n) is 6.31. The van der Waals surface area contributed by atoms with Gasteiger partial charge in [-0.25, -0.2) is 0 Å². The van der Waals surface area contributed by atoms with Crippen molar-refractivity contribution in [2.45, 2.75) is 19.8 Å². The molecule has 0 amide bonds. The van der Waals surface area contributed by atoms with E-state index in [1.807, 2.05) is 24.3 Å². The van der Waals surface area contributed by atoms with Crippen molar-refractivity contribution in [3.63, 3.8) is 0 Å². The molecule has 2 N–H and O–H groups in total. The third-order valence-electron chi connectivity index (χ3n) is 3.04. The predicted octanol–water partition coefficient (Wildman–Crippen LogP) is 4.50. The van der Waals surface area contributed by atoms with Crippen LogP contribution in [-0.2, 0) is 0 Å². The summed E-state index contributed by atoms with van der Waals surface area (Å²) < 4.78 is 0. The van der Waals surface area contributed by atoms with Crippen LogP contribution in [0.4, 0.5) is 5.69 Å². The highest BCUT2D eigenvalue weighted by Crippen LogP contribution is 2.18. The van der Waals surface area contributed by atoms with Gasteiger partial charge in [0.25, 0.3) is 0 Å². The molecule has 0 unspecified atom stereocenters. The Morgan fingerprint density at radius 1 is 0.944 bits per heavy atom. The quantitative estimate of drug-likeness (QED) is 0.607. The minimum Gasteiger partial charge on any atom is -0.399 e. The normalized spacial score (nSPS) is 16.1. The van der Waals surface area contributed by atoms with Crippen LogP contribution in [0.1, 0.15) is 25.3 Å². The number of nitrogen functional groups attached to an aromatic ring is 1. The molecule has 1 aromatic carbocycles. The Morgan fingerprint density at radius 2 is 1.67 bits per heavy atom. The van der Waals surface area contributed by atoms with Crippen LogP contribution in [0, 0.1) is 0 Å². The van der Waals surface area contributed by atoms with Crippen molar-refractivity contribution in [2.75, 3.05) is 5.73 Å². The summed E-state index contributed by atoms with van der Waals surface area (Å²) in [5.41, 5.74) is 10.5.